The highest BCUT2D eigenvalue weighted by Gasteiger charge is 2.09. The molecule has 0 aliphatic heterocycles. The van der Waals surface area contributed by atoms with Crippen LogP contribution in [0.4, 0.5) is 11.4 Å². The molecule has 1 amide bonds. The first-order valence-corrected chi connectivity index (χ1v) is 9.87. The third kappa shape index (κ3) is 5.23. The van der Waals surface area contributed by atoms with E-state index in [1.165, 1.54) is 6.07 Å². The van der Waals surface area contributed by atoms with Gasteiger partial charge >= 0.3 is 0 Å². The van der Waals surface area contributed by atoms with E-state index in [-0.39, 0.29) is 18.0 Å². The van der Waals surface area contributed by atoms with Gasteiger partial charge in [0.25, 0.3) is 5.56 Å². The summed E-state index contributed by atoms with van der Waals surface area (Å²) in [6, 6.07) is 17.8. The van der Waals surface area contributed by atoms with Crippen LogP contribution in [0, 0.1) is 0 Å². The number of hydrogen-bond donors (Lipinski definition) is 1. The van der Waals surface area contributed by atoms with Crippen molar-refractivity contribution in [3.05, 3.63) is 76.0 Å². The number of carbonyl (C=O) groups excluding carboxylic acids is 1. The summed E-state index contributed by atoms with van der Waals surface area (Å²) in [6.07, 6.45) is 0. The second kappa shape index (κ2) is 9.39. The standard InChI is InChI=1S/C22H23ClN4O2/c1-3-26(4-2)19-11-9-18(10-12-19)24-21(28)15-27-22(29)14-13-20(25-27)16-5-7-17(23)8-6-16/h5-14H,3-4,15H2,1-2H3,(H,24,28). The quantitative estimate of drug-likeness (QED) is 0.638. The van der Waals surface area contributed by atoms with Gasteiger partial charge in [-0.15, -0.1) is 0 Å². The number of nitrogens with zero attached hydrogens (tertiary/aromatic N) is 3. The van der Waals surface area contributed by atoms with Gasteiger partial charge in [0.15, 0.2) is 0 Å². The zero-order valence-corrected chi connectivity index (χ0v) is 17.2. The highest BCUT2D eigenvalue weighted by molar-refractivity contribution is 6.30. The van der Waals surface area contributed by atoms with Crippen molar-refractivity contribution in [3.63, 3.8) is 0 Å². The molecule has 7 heteroatoms. The minimum Gasteiger partial charge on any atom is -0.372 e. The van der Waals surface area contributed by atoms with E-state index in [1.54, 1.807) is 18.2 Å². The van der Waals surface area contributed by atoms with Crippen molar-refractivity contribution in [2.24, 2.45) is 0 Å². The molecule has 0 unspecified atom stereocenters. The Balaban J connectivity index is 1.71. The van der Waals surface area contributed by atoms with Crippen LogP contribution in [0.3, 0.4) is 0 Å². The van der Waals surface area contributed by atoms with Gasteiger partial charge in [0.2, 0.25) is 5.91 Å². The molecule has 0 aliphatic carbocycles. The van der Waals surface area contributed by atoms with Crippen molar-refractivity contribution < 1.29 is 4.79 Å². The van der Waals surface area contributed by atoms with Gasteiger partial charge in [-0.2, -0.15) is 5.10 Å². The molecule has 0 aliphatic rings. The summed E-state index contributed by atoms with van der Waals surface area (Å²) in [4.78, 5) is 26.8. The van der Waals surface area contributed by atoms with Gasteiger partial charge in [0.05, 0.1) is 5.69 Å². The Kier molecular flexibility index (Phi) is 6.67. The van der Waals surface area contributed by atoms with Crippen LogP contribution in [0.15, 0.2) is 65.5 Å². The maximum atomic E-state index is 12.4. The molecule has 0 spiro atoms. The molecule has 1 heterocycles. The SMILES string of the molecule is CCN(CC)c1ccc(NC(=O)Cn2nc(-c3ccc(Cl)cc3)ccc2=O)cc1. The molecular weight excluding hydrogens is 388 g/mol. The highest BCUT2D eigenvalue weighted by Crippen LogP contribution is 2.19. The summed E-state index contributed by atoms with van der Waals surface area (Å²) in [5.74, 6) is -0.316. The molecule has 29 heavy (non-hydrogen) atoms. The molecule has 0 fully saturated rings. The smallest absolute Gasteiger partial charge is 0.267 e. The van der Waals surface area contributed by atoms with Gasteiger partial charge in [-0.1, -0.05) is 23.7 Å². The Morgan fingerprint density at radius 2 is 1.66 bits per heavy atom. The average molecular weight is 411 g/mol. The van der Waals surface area contributed by atoms with Crippen molar-refractivity contribution in [2.45, 2.75) is 20.4 Å². The number of rotatable bonds is 7. The fourth-order valence-electron chi connectivity index (χ4n) is 3.02. The zero-order valence-electron chi connectivity index (χ0n) is 16.4. The molecule has 150 valence electrons. The maximum Gasteiger partial charge on any atom is 0.267 e. The lowest BCUT2D eigenvalue weighted by Gasteiger charge is -2.21. The van der Waals surface area contributed by atoms with Crippen LogP contribution in [-0.2, 0) is 11.3 Å². The van der Waals surface area contributed by atoms with E-state index in [0.717, 1.165) is 29.0 Å². The number of nitrogens with one attached hydrogen (secondary N) is 1. The van der Waals surface area contributed by atoms with E-state index in [4.69, 9.17) is 11.6 Å². The number of carbonyl (C=O) groups is 1. The van der Waals surface area contributed by atoms with Crippen molar-refractivity contribution in [2.75, 3.05) is 23.3 Å². The monoisotopic (exact) mass is 410 g/mol. The van der Waals surface area contributed by atoms with Crippen LogP contribution in [-0.4, -0.2) is 28.8 Å². The molecule has 0 atom stereocenters. The van der Waals surface area contributed by atoms with Crippen LogP contribution in [0.1, 0.15) is 13.8 Å². The molecule has 6 nitrogen and oxygen atoms in total. The highest BCUT2D eigenvalue weighted by atomic mass is 35.5. The lowest BCUT2D eigenvalue weighted by atomic mass is 10.1. The number of anilines is 2. The minimum atomic E-state index is -0.338. The number of benzene rings is 2. The topological polar surface area (TPSA) is 67.2 Å². The van der Waals surface area contributed by atoms with E-state index < -0.39 is 0 Å². The number of aromatic nitrogens is 2. The Bertz CT molecular complexity index is 1030. The first-order chi connectivity index (χ1) is 14.0. The van der Waals surface area contributed by atoms with E-state index >= 15 is 0 Å². The summed E-state index contributed by atoms with van der Waals surface area (Å²) >= 11 is 5.91. The summed E-state index contributed by atoms with van der Waals surface area (Å²) in [5, 5.41) is 7.74. The molecule has 2 aromatic carbocycles. The molecule has 0 bridgehead atoms. The summed E-state index contributed by atoms with van der Waals surface area (Å²) < 4.78 is 1.16. The summed E-state index contributed by atoms with van der Waals surface area (Å²) in [6.45, 7) is 5.86. The van der Waals surface area contributed by atoms with E-state index in [1.807, 2.05) is 36.4 Å². The van der Waals surface area contributed by atoms with Gasteiger partial charge in [-0.3, -0.25) is 9.59 Å². The fraction of sp³-hybridized carbons (Fsp3) is 0.227. The maximum absolute atomic E-state index is 12.4. The Hall–Kier alpha value is -3.12. The fourth-order valence-corrected chi connectivity index (χ4v) is 3.14. The van der Waals surface area contributed by atoms with Gasteiger partial charge in [0.1, 0.15) is 6.54 Å². The third-order valence-corrected chi connectivity index (χ3v) is 4.83. The summed E-state index contributed by atoms with van der Waals surface area (Å²) in [5.41, 5.74) is 2.84. The lowest BCUT2D eigenvalue weighted by molar-refractivity contribution is -0.117. The van der Waals surface area contributed by atoms with E-state index in [9.17, 15) is 9.59 Å². The molecular formula is C22H23ClN4O2. The molecule has 3 rings (SSSR count). The van der Waals surface area contributed by atoms with Crippen molar-refractivity contribution >= 4 is 28.9 Å². The predicted molar refractivity (Wildman–Crippen MR) is 118 cm³/mol. The molecule has 0 saturated heterocycles. The number of amides is 1. The van der Waals surface area contributed by atoms with Crippen LogP contribution in [0.25, 0.3) is 11.3 Å². The first-order valence-electron chi connectivity index (χ1n) is 9.49. The zero-order chi connectivity index (χ0) is 20.8. The van der Waals surface area contributed by atoms with Gasteiger partial charge in [0, 0.05) is 41.1 Å². The summed E-state index contributed by atoms with van der Waals surface area (Å²) in [7, 11) is 0. The van der Waals surface area contributed by atoms with Gasteiger partial charge in [-0.05, 0) is 56.3 Å². The molecule has 1 N–H and O–H groups in total. The molecule has 0 saturated carbocycles. The Labute approximate surface area is 174 Å². The van der Waals surface area contributed by atoms with Crippen molar-refractivity contribution in [1.29, 1.82) is 0 Å². The number of halogens is 1. The number of hydrogen-bond acceptors (Lipinski definition) is 4. The minimum absolute atomic E-state index is 0.169. The third-order valence-electron chi connectivity index (χ3n) is 4.58. The Morgan fingerprint density at radius 3 is 2.28 bits per heavy atom. The second-order valence-corrected chi connectivity index (χ2v) is 6.93. The molecule has 3 aromatic rings. The van der Waals surface area contributed by atoms with Crippen LogP contribution >= 0.6 is 11.6 Å². The van der Waals surface area contributed by atoms with Crippen molar-refractivity contribution in [1.82, 2.24) is 9.78 Å². The largest absolute Gasteiger partial charge is 0.372 e. The molecule has 1 aromatic heterocycles. The van der Waals surface area contributed by atoms with Crippen LogP contribution in [0.2, 0.25) is 5.02 Å². The van der Waals surface area contributed by atoms with E-state index in [2.05, 4.69) is 29.2 Å². The molecule has 0 radical (unpaired) electrons. The average Bonchev–Trinajstić information content (AvgIpc) is 2.72. The second-order valence-electron chi connectivity index (χ2n) is 6.49. The van der Waals surface area contributed by atoms with E-state index in [0.29, 0.717) is 16.4 Å². The normalized spacial score (nSPS) is 10.6. The lowest BCUT2D eigenvalue weighted by Crippen LogP contribution is -2.29. The van der Waals surface area contributed by atoms with Gasteiger partial charge < -0.3 is 10.2 Å². The first kappa shape index (κ1) is 20.6. The van der Waals surface area contributed by atoms with Crippen LogP contribution in [0.5, 0.6) is 0 Å². The van der Waals surface area contributed by atoms with Gasteiger partial charge in [-0.25, -0.2) is 4.68 Å². The van der Waals surface area contributed by atoms with Crippen LogP contribution < -0.4 is 15.8 Å². The van der Waals surface area contributed by atoms with Crippen molar-refractivity contribution in [3.8, 4) is 11.3 Å². The predicted octanol–water partition coefficient (Wildman–Crippen LogP) is 4.05. The Morgan fingerprint density at radius 1 is 1.00 bits per heavy atom.